The van der Waals surface area contributed by atoms with Gasteiger partial charge in [0.05, 0.1) is 21.6 Å². The lowest BCUT2D eigenvalue weighted by molar-refractivity contribution is -1.08. The number of aliphatic carboxylic acids is 1. The van der Waals surface area contributed by atoms with Crippen LogP contribution >= 0.6 is 22.6 Å². The van der Waals surface area contributed by atoms with Crippen LogP contribution in [0.1, 0.15) is 26.8 Å². The summed E-state index contributed by atoms with van der Waals surface area (Å²) in [5.41, 5.74) is 1.76. The van der Waals surface area contributed by atoms with Crippen LogP contribution in [-0.2, 0) is 25.8 Å². The van der Waals surface area contributed by atoms with Gasteiger partial charge in [-0.1, -0.05) is 14.4 Å². The van der Waals surface area contributed by atoms with Crippen LogP contribution in [0, 0.1) is 15.4 Å². The van der Waals surface area contributed by atoms with Crippen molar-refractivity contribution in [2.45, 2.75) is 40.0 Å². The third-order valence-corrected chi connectivity index (χ3v) is 10.0. The minimum absolute atomic E-state index is 0. The Kier molecular flexibility index (Phi) is 8.35. The fourth-order valence-electron chi connectivity index (χ4n) is 6.87. The van der Waals surface area contributed by atoms with E-state index >= 15 is 0 Å². The number of ether oxygens (including phenoxy) is 1. The predicted octanol–water partition coefficient (Wildman–Crippen LogP) is 1.08. The highest BCUT2D eigenvalue weighted by atomic mass is 127. The number of carbonyl (C=O) groups excluding carboxylic acids is 2. The number of amides is 1. The first-order valence-corrected chi connectivity index (χ1v) is 14.1. The maximum Gasteiger partial charge on any atom is 0.380 e. The number of hydrogen-bond acceptors (Lipinski definition) is 7. The number of fused-ring (bicyclic) bond motifs is 4. The third kappa shape index (κ3) is 5.17. The molecule has 5 heterocycles. The van der Waals surface area contributed by atoms with E-state index in [1.165, 1.54) is 10.5 Å². The van der Waals surface area contributed by atoms with Crippen LogP contribution in [0.25, 0.3) is 0 Å². The van der Waals surface area contributed by atoms with E-state index in [0.29, 0.717) is 17.9 Å². The maximum atomic E-state index is 12.6. The van der Waals surface area contributed by atoms with E-state index in [9.17, 15) is 24.6 Å². The Morgan fingerprint density at radius 2 is 1.79 bits per heavy atom. The lowest BCUT2D eigenvalue weighted by Gasteiger charge is -2.55. The molecule has 4 fully saturated rings. The summed E-state index contributed by atoms with van der Waals surface area (Å²) >= 11 is 2.24. The Morgan fingerprint density at radius 3 is 2.33 bits per heavy atom. The number of hydrogen-bond donors (Lipinski definition) is 3. The molecule has 0 aliphatic carbocycles. The smallest absolute Gasteiger partial charge is 0.380 e. The molecular weight excluding hydrogens is 619 g/mol. The molecule has 1 aromatic carbocycles. The molecule has 2 bridgehead atoms. The van der Waals surface area contributed by atoms with Crippen molar-refractivity contribution in [1.82, 2.24) is 4.90 Å². The summed E-state index contributed by atoms with van der Waals surface area (Å²) in [6.45, 7) is 10.6. The lowest BCUT2D eigenvalue weighted by Crippen LogP contribution is -2.75. The van der Waals surface area contributed by atoms with Gasteiger partial charge in [-0.3, -0.25) is 4.79 Å². The first-order chi connectivity index (χ1) is 18.0. The van der Waals surface area contributed by atoms with E-state index in [4.69, 9.17) is 10.6 Å². The standard InChI is InChI=1S/C26H34IN4O7.CH4/c1-15-18(24(26(35)36)29-23(15)22(16(2)32)25(29)34)14-37-20-4-3-17(11-19(20)27)12-30-5-8-31(9-6-30,10-7-30)13-21(33)38-28;/h3-4,11,15-16,22-23,32H,5-10,12-14,28H2,1-2H3;1H4/q+1;/p+1/t15-,16?,22?,23?,30?,31?;/m0./s1. The number of carboxylic acids is 1. The molecule has 4 N–H and O–H groups in total. The summed E-state index contributed by atoms with van der Waals surface area (Å²) in [5, 5.41) is 19.9. The zero-order valence-corrected chi connectivity index (χ0v) is 23.8. The van der Waals surface area contributed by atoms with Gasteiger partial charge >= 0.3 is 11.9 Å². The Bertz CT molecular complexity index is 1180. The van der Waals surface area contributed by atoms with Crippen LogP contribution in [0.4, 0.5) is 0 Å². The number of nitrogens with zero attached hydrogens (tertiary/aromatic N) is 3. The molecule has 0 radical (unpaired) electrons. The van der Waals surface area contributed by atoms with Gasteiger partial charge in [0.25, 0.3) is 0 Å². The largest absolute Gasteiger partial charge is 0.488 e. The quantitative estimate of drug-likeness (QED) is 0.155. The van der Waals surface area contributed by atoms with E-state index in [0.717, 1.165) is 58.3 Å². The second-order valence-corrected chi connectivity index (χ2v) is 12.5. The third-order valence-electron chi connectivity index (χ3n) is 9.16. The fourth-order valence-corrected chi connectivity index (χ4v) is 7.60. The van der Waals surface area contributed by atoms with Crippen LogP contribution in [0.2, 0.25) is 0 Å². The average molecular weight is 659 g/mol. The summed E-state index contributed by atoms with van der Waals surface area (Å²) in [7, 11) is 0. The minimum Gasteiger partial charge on any atom is -0.488 e. The van der Waals surface area contributed by atoms with Gasteiger partial charge in [0, 0.05) is 17.1 Å². The number of rotatable bonds is 9. The van der Waals surface area contributed by atoms with Crippen molar-refractivity contribution in [2.24, 2.45) is 17.7 Å². The molecule has 39 heavy (non-hydrogen) atoms. The number of carbonyl (C=O) groups is 3. The van der Waals surface area contributed by atoms with Crippen molar-refractivity contribution in [1.29, 1.82) is 0 Å². The SMILES string of the molecule is C.CC(O)C1C(=O)N2C(C(=O)O)=C(COc3ccc(C[N+]45CC[N+](CC(=O)ON)(CC4)CC5)cc3I)[C@H](C)C12. The van der Waals surface area contributed by atoms with Crippen molar-refractivity contribution < 1.29 is 43.1 Å². The van der Waals surface area contributed by atoms with Crippen LogP contribution in [0.5, 0.6) is 5.75 Å². The van der Waals surface area contributed by atoms with Gasteiger partial charge in [-0.05, 0) is 47.7 Å². The van der Waals surface area contributed by atoms with Crippen LogP contribution in [0.15, 0.2) is 29.5 Å². The normalized spacial score (nSPS) is 31.8. The summed E-state index contributed by atoms with van der Waals surface area (Å²) in [4.78, 5) is 42.1. The molecule has 0 saturated carbocycles. The van der Waals surface area contributed by atoms with Gasteiger partial charge in [0.15, 0.2) is 6.54 Å². The van der Waals surface area contributed by atoms with Crippen LogP contribution in [0.3, 0.4) is 0 Å². The zero-order valence-electron chi connectivity index (χ0n) is 21.6. The number of piperazine rings is 3. The fraction of sp³-hybridized carbons (Fsp3) is 0.593. The first-order valence-electron chi connectivity index (χ1n) is 13.0. The van der Waals surface area contributed by atoms with Gasteiger partial charge in [-0.15, -0.1) is 0 Å². The topological polar surface area (TPSA) is 139 Å². The molecule has 1 aromatic rings. The zero-order chi connectivity index (χ0) is 27.4. The molecule has 11 nitrogen and oxygen atoms in total. The van der Waals surface area contributed by atoms with Crippen molar-refractivity contribution in [2.75, 3.05) is 52.4 Å². The second-order valence-electron chi connectivity index (χ2n) is 11.3. The number of β-lactam (4-membered cyclic amide) rings is 1. The van der Waals surface area contributed by atoms with Gasteiger partial charge in [-0.25, -0.2) is 9.59 Å². The number of nitrogens with two attached hydrogens (primary N) is 1. The predicted molar refractivity (Wildman–Crippen MR) is 150 cm³/mol. The van der Waals surface area contributed by atoms with Gasteiger partial charge in [0.2, 0.25) is 5.91 Å². The van der Waals surface area contributed by atoms with Gasteiger partial charge < -0.3 is 33.7 Å². The van der Waals surface area contributed by atoms with Crippen molar-refractivity contribution in [3.63, 3.8) is 0 Å². The summed E-state index contributed by atoms with van der Waals surface area (Å²) in [5.74, 6) is 3.07. The number of quaternary nitrogens is 2. The lowest BCUT2D eigenvalue weighted by atomic mass is 9.78. The number of halogens is 1. The summed E-state index contributed by atoms with van der Waals surface area (Å²) < 4.78 is 8.79. The number of benzene rings is 1. The Hall–Kier alpha value is -2.26. The molecule has 12 heteroatoms. The molecule has 5 aliphatic heterocycles. The van der Waals surface area contributed by atoms with E-state index in [1.54, 1.807) is 6.92 Å². The summed E-state index contributed by atoms with van der Waals surface area (Å²) in [6.07, 6.45) is -0.834. The summed E-state index contributed by atoms with van der Waals surface area (Å²) in [6, 6.07) is 5.76. The Morgan fingerprint density at radius 1 is 1.18 bits per heavy atom. The molecule has 4 atom stereocenters. The van der Waals surface area contributed by atoms with E-state index < -0.39 is 18.0 Å². The monoisotopic (exact) mass is 658 g/mol. The first kappa shape index (κ1) is 29.7. The highest BCUT2D eigenvalue weighted by molar-refractivity contribution is 14.1. The highest BCUT2D eigenvalue weighted by Gasteiger charge is 2.60. The second kappa shape index (κ2) is 11.0. The molecule has 5 aliphatic rings. The average Bonchev–Trinajstić information content (AvgIpc) is 3.12. The van der Waals surface area contributed by atoms with Gasteiger partial charge in [0.1, 0.15) is 63.9 Å². The van der Waals surface area contributed by atoms with E-state index in [-0.39, 0.29) is 43.6 Å². The van der Waals surface area contributed by atoms with Crippen LogP contribution in [-0.4, -0.2) is 106 Å². The molecule has 214 valence electrons. The molecule has 1 amide bonds. The van der Waals surface area contributed by atoms with Crippen molar-refractivity contribution in [3.05, 3.63) is 38.6 Å². The van der Waals surface area contributed by atoms with E-state index in [1.807, 2.05) is 13.0 Å². The molecule has 4 saturated heterocycles. The molecular formula is C27H39IN4O7+2. The van der Waals surface area contributed by atoms with Gasteiger partial charge in [-0.2, -0.15) is 5.90 Å². The molecule has 3 unspecified atom stereocenters. The minimum atomic E-state index is -1.15. The molecule has 6 rings (SSSR count). The van der Waals surface area contributed by atoms with Crippen molar-refractivity contribution >= 4 is 40.4 Å². The highest BCUT2D eigenvalue weighted by Crippen LogP contribution is 2.47. The Labute approximate surface area is 242 Å². The van der Waals surface area contributed by atoms with E-state index in [2.05, 4.69) is 39.6 Å². The maximum absolute atomic E-state index is 12.6. The van der Waals surface area contributed by atoms with Crippen molar-refractivity contribution in [3.8, 4) is 5.75 Å². The number of aliphatic hydroxyl groups is 1. The Balaban J connectivity index is 0.00000353. The number of aliphatic hydroxyl groups excluding tert-OH is 1. The number of carboxylic acid groups (broad SMARTS) is 1. The molecule has 0 spiro atoms. The van der Waals surface area contributed by atoms with Crippen LogP contribution < -0.4 is 10.6 Å². The molecule has 0 aromatic heterocycles.